The number of hydrogen-bond donors (Lipinski definition) is 1. The van der Waals surface area contributed by atoms with E-state index in [0.29, 0.717) is 17.8 Å². The second kappa shape index (κ2) is 6.88. The van der Waals surface area contributed by atoms with E-state index in [2.05, 4.69) is 21.8 Å². The summed E-state index contributed by atoms with van der Waals surface area (Å²) in [5.41, 5.74) is 5.91. The van der Waals surface area contributed by atoms with Crippen LogP contribution in [0.15, 0.2) is 12.4 Å². The molecule has 0 aliphatic heterocycles. The van der Waals surface area contributed by atoms with Crippen molar-refractivity contribution in [3.63, 3.8) is 0 Å². The van der Waals surface area contributed by atoms with Gasteiger partial charge in [-0.05, 0) is 46.1 Å². The van der Waals surface area contributed by atoms with Crippen LogP contribution < -0.4 is 15.4 Å². The Morgan fingerprint density at radius 1 is 1.40 bits per heavy atom. The fourth-order valence-corrected chi connectivity index (χ4v) is 3.06. The van der Waals surface area contributed by atoms with Gasteiger partial charge in [0.25, 0.3) is 0 Å². The summed E-state index contributed by atoms with van der Waals surface area (Å²) in [6.07, 6.45) is 5.38. The van der Waals surface area contributed by atoms with Crippen molar-refractivity contribution in [1.82, 2.24) is 9.97 Å². The van der Waals surface area contributed by atoms with Crippen LogP contribution in [0.5, 0.6) is 5.88 Å². The second-order valence-corrected chi connectivity index (χ2v) is 5.66. The molecule has 5 heteroatoms. The molecule has 5 nitrogen and oxygen atoms in total. The van der Waals surface area contributed by atoms with Crippen LogP contribution in [0, 0.1) is 5.92 Å². The number of nitrogens with zero attached hydrogens (tertiary/aromatic N) is 3. The van der Waals surface area contributed by atoms with Gasteiger partial charge in [0, 0.05) is 18.7 Å². The van der Waals surface area contributed by atoms with Crippen molar-refractivity contribution in [3.8, 4) is 5.88 Å². The van der Waals surface area contributed by atoms with Crippen molar-refractivity contribution in [1.29, 1.82) is 0 Å². The summed E-state index contributed by atoms with van der Waals surface area (Å²) in [5, 5.41) is 0. The van der Waals surface area contributed by atoms with Gasteiger partial charge in [0.2, 0.25) is 5.88 Å². The highest BCUT2D eigenvalue weighted by Crippen LogP contribution is 2.32. The summed E-state index contributed by atoms with van der Waals surface area (Å²) >= 11 is 0. The van der Waals surface area contributed by atoms with Gasteiger partial charge in [-0.1, -0.05) is 6.42 Å². The van der Waals surface area contributed by atoms with Crippen LogP contribution in [-0.4, -0.2) is 35.2 Å². The van der Waals surface area contributed by atoms with Gasteiger partial charge in [0.1, 0.15) is 12.1 Å². The summed E-state index contributed by atoms with van der Waals surface area (Å²) in [4.78, 5) is 10.9. The summed E-state index contributed by atoms with van der Waals surface area (Å²) in [5.74, 6) is 2.16. The molecule has 1 aliphatic rings. The lowest BCUT2D eigenvalue weighted by molar-refractivity contribution is 0.232. The summed E-state index contributed by atoms with van der Waals surface area (Å²) in [6, 6.07) is 2.43. The Morgan fingerprint density at radius 2 is 2.20 bits per heavy atom. The fourth-order valence-electron chi connectivity index (χ4n) is 3.06. The third kappa shape index (κ3) is 3.39. The number of nitrogens with two attached hydrogens (primary N) is 1. The maximum atomic E-state index is 5.91. The van der Waals surface area contributed by atoms with Gasteiger partial charge in [-0.2, -0.15) is 0 Å². The standard InChI is InChI=1S/C15H26N4O/c1-4-19(13-7-5-6-12(13)9-16)14-8-15(18-10-17-14)20-11(2)3/h8,10-13H,4-7,9,16H2,1-3H3. The van der Waals surface area contributed by atoms with Crippen molar-refractivity contribution >= 4 is 5.82 Å². The van der Waals surface area contributed by atoms with Gasteiger partial charge in [-0.3, -0.25) is 0 Å². The molecule has 0 aromatic carbocycles. The Kier molecular flexibility index (Phi) is 5.17. The smallest absolute Gasteiger partial charge is 0.218 e. The van der Waals surface area contributed by atoms with E-state index in [1.807, 2.05) is 19.9 Å². The van der Waals surface area contributed by atoms with Crippen LogP contribution in [0.4, 0.5) is 5.82 Å². The van der Waals surface area contributed by atoms with Crippen molar-refractivity contribution in [2.75, 3.05) is 18.0 Å². The third-order valence-corrected chi connectivity index (χ3v) is 3.94. The molecule has 2 rings (SSSR count). The van der Waals surface area contributed by atoms with Crippen LogP contribution in [0.2, 0.25) is 0 Å². The summed E-state index contributed by atoms with van der Waals surface area (Å²) in [6.45, 7) is 7.85. The van der Waals surface area contributed by atoms with Gasteiger partial charge >= 0.3 is 0 Å². The van der Waals surface area contributed by atoms with E-state index in [1.54, 1.807) is 6.33 Å². The van der Waals surface area contributed by atoms with Crippen molar-refractivity contribution in [3.05, 3.63) is 12.4 Å². The zero-order valence-electron chi connectivity index (χ0n) is 12.7. The van der Waals surface area contributed by atoms with Gasteiger partial charge in [-0.25, -0.2) is 9.97 Å². The van der Waals surface area contributed by atoms with E-state index in [-0.39, 0.29) is 6.10 Å². The molecule has 0 bridgehead atoms. The van der Waals surface area contributed by atoms with Gasteiger partial charge in [0.15, 0.2) is 0 Å². The first-order chi connectivity index (χ1) is 9.65. The van der Waals surface area contributed by atoms with Crippen LogP contribution >= 0.6 is 0 Å². The average molecular weight is 278 g/mol. The molecule has 20 heavy (non-hydrogen) atoms. The first-order valence-electron chi connectivity index (χ1n) is 7.61. The minimum Gasteiger partial charge on any atom is -0.475 e. The molecular formula is C15H26N4O. The first-order valence-corrected chi connectivity index (χ1v) is 7.61. The highest BCUT2D eigenvalue weighted by molar-refractivity contribution is 5.42. The second-order valence-electron chi connectivity index (χ2n) is 5.66. The summed E-state index contributed by atoms with van der Waals surface area (Å²) in [7, 11) is 0. The van der Waals surface area contributed by atoms with E-state index in [9.17, 15) is 0 Å². The Hall–Kier alpha value is -1.36. The molecule has 1 aliphatic carbocycles. The maximum absolute atomic E-state index is 5.91. The van der Waals surface area contributed by atoms with E-state index < -0.39 is 0 Å². The molecule has 1 aromatic rings. The minimum absolute atomic E-state index is 0.121. The SMILES string of the molecule is CCN(c1cc(OC(C)C)ncn1)C1CCCC1CN. The minimum atomic E-state index is 0.121. The van der Waals surface area contributed by atoms with Gasteiger partial charge in [0.05, 0.1) is 6.10 Å². The van der Waals surface area contributed by atoms with Crippen molar-refractivity contribution in [2.24, 2.45) is 11.7 Å². The van der Waals surface area contributed by atoms with E-state index in [0.717, 1.165) is 18.9 Å². The zero-order valence-corrected chi connectivity index (χ0v) is 12.7. The molecule has 1 heterocycles. The summed E-state index contributed by atoms with van der Waals surface area (Å²) < 4.78 is 5.66. The molecule has 2 atom stereocenters. The molecule has 0 spiro atoms. The van der Waals surface area contributed by atoms with Gasteiger partial charge < -0.3 is 15.4 Å². The van der Waals surface area contributed by atoms with Crippen LogP contribution in [0.25, 0.3) is 0 Å². The molecule has 2 unspecified atom stereocenters. The predicted molar refractivity (Wildman–Crippen MR) is 81.0 cm³/mol. The number of rotatable bonds is 6. The van der Waals surface area contributed by atoms with Crippen LogP contribution in [-0.2, 0) is 0 Å². The number of anilines is 1. The zero-order chi connectivity index (χ0) is 14.5. The molecule has 112 valence electrons. The van der Waals surface area contributed by atoms with Gasteiger partial charge in [-0.15, -0.1) is 0 Å². The number of hydrogen-bond acceptors (Lipinski definition) is 5. The number of ether oxygens (including phenoxy) is 1. The molecule has 1 saturated carbocycles. The lowest BCUT2D eigenvalue weighted by Gasteiger charge is -2.32. The van der Waals surface area contributed by atoms with Crippen LogP contribution in [0.1, 0.15) is 40.0 Å². The first kappa shape index (κ1) is 15.0. The van der Waals surface area contributed by atoms with E-state index in [1.165, 1.54) is 19.3 Å². The normalized spacial score (nSPS) is 22.2. The Labute approximate surface area is 121 Å². The predicted octanol–water partition coefficient (Wildman–Crippen LogP) is 2.22. The Morgan fingerprint density at radius 3 is 2.85 bits per heavy atom. The third-order valence-electron chi connectivity index (χ3n) is 3.94. The average Bonchev–Trinajstić information content (AvgIpc) is 2.87. The molecule has 0 saturated heterocycles. The molecule has 2 N–H and O–H groups in total. The fraction of sp³-hybridized carbons (Fsp3) is 0.733. The molecule has 1 aromatic heterocycles. The van der Waals surface area contributed by atoms with E-state index >= 15 is 0 Å². The monoisotopic (exact) mass is 278 g/mol. The van der Waals surface area contributed by atoms with Crippen LogP contribution in [0.3, 0.4) is 0 Å². The molecular weight excluding hydrogens is 252 g/mol. The lowest BCUT2D eigenvalue weighted by atomic mass is 10.0. The quantitative estimate of drug-likeness (QED) is 0.864. The van der Waals surface area contributed by atoms with Crippen molar-refractivity contribution < 1.29 is 4.74 Å². The highest BCUT2D eigenvalue weighted by Gasteiger charge is 2.31. The van der Waals surface area contributed by atoms with E-state index in [4.69, 9.17) is 10.5 Å². The lowest BCUT2D eigenvalue weighted by Crippen LogP contribution is -2.40. The van der Waals surface area contributed by atoms with Crippen molar-refractivity contribution in [2.45, 2.75) is 52.2 Å². The Bertz CT molecular complexity index is 424. The largest absolute Gasteiger partial charge is 0.475 e. The molecule has 0 amide bonds. The number of aromatic nitrogens is 2. The molecule has 0 radical (unpaired) electrons. The highest BCUT2D eigenvalue weighted by atomic mass is 16.5. The topological polar surface area (TPSA) is 64.3 Å². The maximum Gasteiger partial charge on any atom is 0.218 e. The molecule has 1 fully saturated rings. The Balaban J connectivity index is 2.18.